The van der Waals surface area contributed by atoms with Gasteiger partial charge < -0.3 is 10.6 Å². The molecule has 1 aromatic carbocycles. The van der Waals surface area contributed by atoms with Crippen LogP contribution < -0.4 is 5.73 Å². The molecule has 0 radical (unpaired) electrons. The van der Waals surface area contributed by atoms with Crippen molar-refractivity contribution in [3.05, 3.63) is 47.2 Å². The molecule has 124 valence electrons. The second kappa shape index (κ2) is 7.22. The van der Waals surface area contributed by atoms with E-state index in [1.165, 1.54) is 0 Å². The maximum atomic E-state index is 12.2. The van der Waals surface area contributed by atoms with Crippen LogP contribution in [0.15, 0.2) is 35.7 Å². The quantitative estimate of drug-likeness (QED) is 0.714. The molecule has 2 heterocycles. The number of amides is 1. The van der Waals surface area contributed by atoms with E-state index >= 15 is 0 Å². The lowest BCUT2D eigenvalue weighted by molar-refractivity contribution is -0.130. The van der Waals surface area contributed by atoms with E-state index in [0.29, 0.717) is 25.2 Å². The third kappa shape index (κ3) is 3.96. The second-order valence-corrected chi connectivity index (χ2v) is 6.26. The Labute approximate surface area is 143 Å². The highest BCUT2D eigenvalue weighted by molar-refractivity contribution is 7.13. The van der Waals surface area contributed by atoms with E-state index in [-0.39, 0.29) is 11.9 Å². The topological polar surface area (TPSA) is 101 Å². The second-order valence-electron chi connectivity index (χ2n) is 5.40. The fourth-order valence-corrected chi connectivity index (χ4v) is 3.08. The first-order chi connectivity index (χ1) is 11.6. The highest BCUT2D eigenvalue weighted by Gasteiger charge is 2.13. The number of aryl methyl sites for hydroxylation is 1. The third-order valence-electron chi connectivity index (χ3n) is 3.52. The lowest BCUT2D eigenvalue weighted by Gasteiger charge is -2.15. The Balaban J connectivity index is 1.55. The lowest BCUT2D eigenvalue weighted by atomic mass is 10.2. The monoisotopic (exact) mass is 342 g/mol. The number of nitrogens with one attached hydrogen (secondary N) is 1. The van der Waals surface area contributed by atoms with Gasteiger partial charge >= 0.3 is 0 Å². The van der Waals surface area contributed by atoms with Gasteiger partial charge in [-0.15, -0.1) is 16.4 Å². The number of thiazole rings is 1. The van der Waals surface area contributed by atoms with Gasteiger partial charge in [-0.3, -0.25) is 9.89 Å². The fraction of sp³-hybridized carbons (Fsp3) is 0.250. The van der Waals surface area contributed by atoms with Gasteiger partial charge in [-0.1, -0.05) is 30.3 Å². The summed E-state index contributed by atoms with van der Waals surface area (Å²) in [7, 11) is 1.78. The minimum absolute atomic E-state index is 0.0271. The van der Waals surface area contributed by atoms with E-state index in [0.717, 1.165) is 16.3 Å². The van der Waals surface area contributed by atoms with Gasteiger partial charge in [0.1, 0.15) is 10.8 Å². The number of nitrogens with zero attached hydrogens (tertiary/aromatic N) is 4. The molecule has 0 atom stereocenters. The number of carbonyl (C=O) groups excluding carboxylic acids is 1. The molecule has 3 N–H and O–H groups in total. The van der Waals surface area contributed by atoms with E-state index in [1.54, 1.807) is 23.3 Å². The number of nitrogen functional groups attached to an aromatic ring is 1. The van der Waals surface area contributed by atoms with Crippen LogP contribution in [0, 0.1) is 0 Å². The van der Waals surface area contributed by atoms with Gasteiger partial charge in [-0.2, -0.15) is 4.98 Å². The summed E-state index contributed by atoms with van der Waals surface area (Å²) in [5, 5.41) is 9.40. The van der Waals surface area contributed by atoms with Crippen molar-refractivity contribution in [1.82, 2.24) is 25.1 Å². The SMILES string of the molecule is CN(Cc1csc(-c2ccccc2)n1)C(=O)CCc1nc(N)n[nH]1. The van der Waals surface area contributed by atoms with Crippen LogP contribution in [0.3, 0.4) is 0 Å². The van der Waals surface area contributed by atoms with Crippen LogP contribution >= 0.6 is 11.3 Å². The standard InChI is InChI=1S/C16H18N6OS/c1-22(14(23)8-7-13-19-16(17)21-20-13)9-12-10-24-15(18-12)11-5-3-2-4-6-11/h2-6,10H,7-9H2,1H3,(H3,17,19,20,21). The van der Waals surface area contributed by atoms with Gasteiger partial charge in [-0.05, 0) is 0 Å². The van der Waals surface area contributed by atoms with Crippen LogP contribution in [-0.2, 0) is 17.8 Å². The number of aromatic amines is 1. The van der Waals surface area contributed by atoms with Crippen molar-refractivity contribution in [2.75, 3.05) is 12.8 Å². The number of aromatic nitrogens is 4. The van der Waals surface area contributed by atoms with Gasteiger partial charge in [0.15, 0.2) is 0 Å². The first-order valence-electron chi connectivity index (χ1n) is 7.52. The Hall–Kier alpha value is -2.74. The zero-order chi connectivity index (χ0) is 16.9. The molecule has 0 saturated heterocycles. The Morgan fingerprint density at radius 1 is 1.29 bits per heavy atom. The number of anilines is 1. The van der Waals surface area contributed by atoms with Crippen LogP contribution in [-0.4, -0.2) is 38.0 Å². The minimum Gasteiger partial charge on any atom is -0.367 e. The van der Waals surface area contributed by atoms with E-state index in [9.17, 15) is 4.79 Å². The Kier molecular flexibility index (Phi) is 4.85. The van der Waals surface area contributed by atoms with Crippen molar-refractivity contribution in [1.29, 1.82) is 0 Å². The van der Waals surface area contributed by atoms with Crippen molar-refractivity contribution in [3.63, 3.8) is 0 Å². The van der Waals surface area contributed by atoms with Crippen molar-refractivity contribution in [3.8, 4) is 10.6 Å². The third-order valence-corrected chi connectivity index (χ3v) is 4.46. The van der Waals surface area contributed by atoms with Gasteiger partial charge in [0.05, 0.1) is 12.2 Å². The van der Waals surface area contributed by atoms with Crippen molar-refractivity contribution in [2.24, 2.45) is 0 Å². The number of benzene rings is 1. The summed E-state index contributed by atoms with van der Waals surface area (Å²) >= 11 is 1.58. The summed E-state index contributed by atoms with van der Waals surface area (Å²) in [6.07, 6.45) is 0.834. The number of hydrogen-bond acceptors (Lipinski definition) is 6. The summed E-state index contributed by atoms with van der Waals surface area (Å²) in [6.45, 7) is 0.487. The van der Waals surface area contributed by atoms with Crippen molar-refractivity contribution < 1.29 is 4.79 Å². The molecule has 0 aliphatic heterocycles. The summed E-state index contributed by atoms with van der Waals surface area (Å²) in [5.41, 5.74) is 7.42. The largest absolute Gasteiger partial charge is 0.367 e. The molecule has 7 nitrogen and oxygen atoms in total. The van der Waals surface area contributed by atoms with Crippen LogP contribution in [0.1, 0.15) is 17.9 Å². The highest BCUT2D eigenvalue weighted by Crippen LogP contribution is 2.23. The Bertz CT molecular complexity index is 813. The normalized spacial score (nSPS) is 10.7. The maximum absolute atomic E-state index is 12.2. The molecule has 0 bridgehead atoms. The van der Waals surface area contributed by atoms with E-state index in [2.05, 4.69) is 20.2 Å². The smallest absolute Gasteiger partial charge is 0.239 e. The predicted molar refractivity (Wildman–Crippen MR) is 93.1 cm³/mol. The molecule has 3 rings (SSSR count). The Morgan fingerprint density at radius 2 is 2.08 bits per heavy atom. The zero-order valence-electron chi connectivity index (χ0n) is 13.3. The highest BCUT2D eigenvalue weighted by atomic mass is 32.1. The summed E-state index contributed by atoms with van der Waals surface area (Å²) in [5.74, 6) is 0.843. The van der Waals surface area contributed by atoms with Gasteiger partial charge in [0.2, 0.25) is 11.9 Å². The number of H-pyrrole nitrogens is 1. The van der Waals surface area contributed by atoms with E-state index in [1.807, 2.05) is 35.7 Å². The molecule has 8 heteroatoms. The molecule has 0 fully saturated rings. The molecule has 0 spiro atoms. The van der Waals surface area contributed by atoms with E-state index < -0.39 is 0 Å². The van der Waals surface area contributed by atoms with Gasteiger partial charge in [0, 0.05) is 30.8 Å². The van der Waals surface area contributed by atoms with Crippen molar-refractivity contribution in [2.45, 2.75) is 19.4 Å². The number of nitrogens with two attached hydrogens (primary N) is 1. The Morgan fingerprint density at radius 3 is 2.79 bits per heavy atom. The molecule has 0 unspecified atom stereocenters. The van der Waals surface area contributed by atoms with Gasteiger partial charge in [0.25, 0.3) is 0 Å². The zero-order valence-corrected chi connectivity index (χ0v) is 14.1. The fourth-order valence-electron chi connectivity index (χ4n) is 2.26. The number of rotatable bonds is 6. The first kappa shape index (κ1) is 16.1. The summed E-state index contributed by atoms with van der Waals surface area (Å²) in [6, 6.07) is 10.0. The molecule has 24 heavy (non-hydrogen) atoms. The van der Waals surface area contributed by atoms with E-state index in [4.69, 9.17) is 5.73 Å². The van der Waals surface area contributed by atoms with Crippen molar-refractivity contribution >= 4 is 23.2 Å². The molecule has 0 aliphatic carbocycles. The average molecular weight is 342 g/mol. The van der Waals surface area contributed by atoms with Gasteiger partial charge in [-0.25, -0.2) is 4.98 Å². The molecule has 0 saturated carbocycles. The molecule has 2 aromatic heterocycles. The minimum atomic E-state index is 0.0271. The first-order valence-corrected chi connectivity index (χ1v) is 8.40. The number of carbonyl (C=O) groups is 1. The van der Waals surface area contributed by atoms with Crippen LogP contribution in [0.5, 0.6) is 0 Å². The lowest BCUT2D eigenvalue weighted by Crippen LogP contribution is -2.26. The maximum Gasteiger partial charge on any atom is 0.239 e. The summed E-state index contributed by atoms with van der Waals surface area (Å²) in [4.78, 5) is 22.5. The predicted octanol–water partition coefficient (Wildman–Crippen LogP) is 2.10. The average Bonchev–Trinajstić information content (AvgIpc) is 3.22. The number of hydrogen-bond donors (Lipinski definition) is 2. The summed E-state index contributed by atoms with van der Waals surface area (Å²) < 4.78 is 0. The van der Waals surface area contributed by atoms with Crippen LogP contribution in [0.4, 0.5) is 5.95 Å². The van der Waals surface area contributed by atoms with Crippen LogP contribution in [0.25, 0.3) is 10.6 Å². The molecular weight excluding hydrogens is 324 g/mol. The molecule has 1 amide bonds. The molecular formula is C16H18N6OS. The van der Waals surface area contributed by atoms with Crippen LogP contribution in [0.2, 0.25) is 0 Å². The molecule has 3 aromatic rings. The molecule has 0 aliphatic rings.